The molecular formula is C16H28IN9O. The quantitative estimate of drug-likeness (QED) is 0.206. The summed E-state index contributed by atoms with van der Waals surface area (Å²) in [6.07, 6.45) is 4.29. The molecule has 0 aliphatic carbocycles. The van der Waals surface area contributed by atoms with E-state index in [0.717, 1.165) is 62.7 Å². The summed E-state index contributed by atoms with van der Waals surface area (Å²) in [6, 6.07) is 0. The van der Waals surface area contributed by atoms with Crippen molar-refractivity contribution in [2.75, 3.05) is 57.8 Å². The van der Waals surface area contributed by atoms with Crippen LogP contribution in [0.5, 0.6) is 0 Å². The van der Waals surface area contributed by atoms with E-state index in [-0.39, 0.29) is 24.0 Å². The van der Waals surface area contributed by atoms with Crippen molar-refractivity contribution in [3.63, 3.8) is 0 Å². The fraction of sp³-hybridized carbons (Fsp3) is 0.625. The second kappa shape index (κ2) is 11.2. The molecule has 27 heavy (non-hydrogen) atoms. The zero-order valence-electron chi connectivity index (χ0n) is 15.6. The van der Waals surface area contributed by atoms with Crippen molar-refractivity contribution in [1.82, 2.24) is 30.0 Å². The minimum atomic E-state index is 0. The first kappa shape index (κ1) is 21.6. The lowest BCUT2D eigenvalue weighted by atomic mass is 10.3. The van der Waals surface area contributed by atoms with E-state index in [0.29, 0.717) is 19.0 Å². The van der Waals surface area contributed by atoms with Crippen LogP contribution in [0.4, 0.5) is 5.82 Å². The Morgan fingerprint density at radius 3 is 2.93 bits per heavy atom. The first-order valence-corrected chi connectivity index (χ1v) is 8.94. The molecule has 0 unspecified atom stereocenters. The van der Waals surface area contributed by atoms with Crippen molar-refractivity contribution < 1.29 is 4.74 Å². The molecule has 2 aromatic heterocycles. The number of nitrogens with zero attached hydrogens (tertiary/aromatic N) is 6. The van der Waals surface area contributed by atoms with Crippen molar-refractivity contribution in [3.8, 4) is 0 Å². The predicted molar refractivity (Wildman–Crippen MR) is 117 cm³/mol. The number of nitrogens with two attached hydrogens (primary N) is 1. The zero-order chi connectivity index (χ0) is 18.2. The third kappa shape index (κ3) is 6.43. The van der Waals surface area contributed by atoms with E-state index in [1.807, 2.05) is 7.05 Å². The molecule has 2 aromatic rings. The monoisotopic (exact) mass is 489 g/mol. The molecule has 3 heterocycles. The van der Waals surface area contributed by atoms with Crippen LogP contribution in [0.15, 0.2) is 17.5 Å². The number of nitrogens with one attached hydrogen (secondary N) is 2. The van der Waals surface area contributed by atoms with E-state index in [2.05, 4.69) is 35.6 Å². The van der Waals surface area contributed by atoms with Gasteiger partial charge in [-0.3, -0.25) is 14.6 Å². The molecular weight excluding hydrogens is 461 g/mol. The van der Waals surface area contributed by atoms with Crippen LogP contribution in [0.3, 0.4) is 0 Å². The number of anilines is 1. The lowest BCUT2D eigenvalue weighted by Gasteiger charge is -2.26. The Morgan fingerprint density at radius 1 is 1.30 bits per heavy atom. The number of aryl methyl sites for hydroxylation is 1. The van der Waals surface area contributed by atoms with Crippen molar-refractivity contribution in [2.24, 2.45) is 17.8 Å². The molecule has 3 rings (SSSR count). The maximum Gasteiger partial charge on any atom is 0.188 e. The molecule has 0 amide bonds. The van der Waals surface area contributed by atoms with Gasteiger partial charge in [0.15, 0.2) is 11.6 Å². The third-order valence-electron chi connectivity index (χ3n) is 4.27. The third-order valence-corrected chi connectivity index (χ3v) is 4.27. The predicted octanol–water partition coefficient (Wildman–Crippen LogP) is 0.0198. The van der Waals surface area contributed by atoms with Crippen LogP contribution < -0.4 is 16.4 Å². The highest BCUT2D eigenvalue weighted by Crippen LogP contribution is 2.16. The molecule has 0 atom stereocenters. The maximum absolute atomic E-state index is 5.90. The number of halogens is 1. The molecule has 1 fully saturated rings. The van der Waals surface area contributed by atoms with E-state index in [1.165, 1.54) is 6.33 Å². The molecule has 150 valence electrons. The summed E-state index contributed by atoms with van der Waals surface area (Å²) in [6.45, 7) is 6.78. The minimum Gasteiger partial charge on any atom is -0.379 e. The fourth-order valence-electron chi connectivity index (χ4n) is 2.85. The second-order valence-electron chi connectivity index (χ2n) is 6.16. The number of aliphatic imine (C=N–C) groups is 1. The number of fused-ring (bicyclic) bond motifs is 1. The van der Waals surface area contributed by atoms with Crippen LogP contribution >= 0.6 is 24.0 Å². The summed E-state index contributed by atoms with van der Waals surface area (Å²) in [5, 5.41) is 11.5. The van der Waals surface area contributed by atoms with E-state index >= 15 is 0 Å². The Morgan fingerprint density at radius 2 is 2.11 bits per heavy atom. The Bertz CT molecular complexity index is 730. The van der Waals surface area contributed by atoms with Crippen molar-refractivity contribution in [2.45, 2.75) is 6.42 Å². The summed E-state index contributed by atoms with van der Waals surface area (Å²) in [5.74, 6) is 1.24. The van der Waals surface area contributed by atoms with Crippen LogP contribution in [0.1, 0.15) is 6.42 Å². The van der Waals surface area contributed by atoms with Gasteiger partial charge in [-0.05, 0) is 6.42 Å². The van der Waals surface area contributed by atoms with Gasteiger partial charge in [-0.15, -0.1) is 24.0 Å². The summed E-state index contributed by atoms with van der Waals surface area (Å²) < 4.78 is 7.06. The minimum absolute atomic E-state index is 0. The van der Waals surface area contributed by atoms with Gasteiger partial charge in [0.25, 0.3) is 0 Å². The first-order valence-electron chi connectivity index (χ1n) is 8.94. The van der Waals surface area contributed by atoms with E-state index in [4.69, 9.17) is 10.5 Å². The van der Waals surface area contributed by atoms with Gasteiger partial charge >= 0.3 is 0 Å². The first-order chi connectivity index (χ1) is 12.7. The van der Waals surface area contributed by atoms with Crippen molar-refractivity contribution >= 4 is 46.8 Å². The molecule has 0 aromatic carbocycles. The van der Waals surface area contributed by atoms with Crippen LogP contribution in [-0.2, 0) is 11.8 Å². The molecule has 0 spiro atoms. The molecule has 10 nitrogen and oxygen atoms in total. The summed E-state index contributed by atoms with van der Waals surface area (Å²) in [7, 11) is 1.86. The molecule has 1 aliphatic rings. The smallest absolute Gasteiger partial charge is 0.188 e. The largest absolute Gasteiger partial charge is 0.379 e. The zero-order valence-corrected chi connectivity index (χ0v) is 17.9. The van der Waals surface area contributed by atoms with Gasteiger partial charge in [0.05, 0.1) is 24.8 Å². The second-order valence-corrected chi connectivity index (χ2v) is 6.16. The Kier molecular flexibility index (Phi) is 8.94. The van der Waals surface area contributed by atoms with Crippen LogP contribution in [0, 0.1) is 0 Å². The summed E-state index contributed by atoms with van der Waals surface area (Å²) >= 11 is 0. The highest BCUT2D eigenvalue weighted by Gasteiger charge is 2.09. The van der Waals surface area contributed by atoms with Gasteiger partial charge in [-0.25, -0.2) is 9.97 Å². The number of ether oxygens (including phenoxy) is 1. The average molecular weight is 489 g/mol. The normalized spacial score (nSPS) is 15.5. The molecule has 11 heteroatoms. The number of morpholine rings is 1. The average Bonchev–Trinajstić information content (AvgIpc) is 3.05. The number of guanidine groups is 1. The molecule has 0 bridgehead atoms. The molecule has 1 aliphatic heterocycles. The van der Waals surface area contributed by atoms with Crippen LogP contribution in [-0.4, -0.2) is 83.1 Å². The molecule has 4 N–H and O–H groups in total. The Hall–Kier alpha value is -1.73. The topological polar surface area (TPSA) is 119 Å². The van der Waals surface area contributed by atoms with E-state index < -0.39 is 0 Å². The number of aromatic nitrogens is 4. The SMILES string of the molecule is Cn1ncc2c(NCCNC(N)=NCCCN3CCOCC3)ncnc21.I. The van der Waals surface area contributed by atoms with Gasteiger partial charge in [0, 0.05) is 46.3 Å². The molecule has 0 radical (unpaired) electrons. The van der Waals surface area contributed by atoms with E-state index in [1.54, 1.807) is 10.9 Å². The Labute approximate surface area is 176 Å². The van der Waals surface area contributed by atoms with Gasteiger partial charge in [0.1, 0.15) is 12.1 Å². The van der Waals surface area contributed by atoms with Gasteiger partial charge in [-0.2, -0.15) is 5.10 Å². The number of rotatable bonds is 8. The molecule has 0 saturated carbocycles. The van der Waals surface area contributed by atoms with Crippen LogP contribution in [0.2, 0.25) is 0 Å². The fourth-order valence-corrected chi connectivity index (χ4v) is 2.85. The lowest BCUT2D eigenvalue weighted by Crippen LogP contribution is -2.37. The number of hydrogen-bond donors (Lipinski definition) is 3. The lowest BCUT2D eigenvalue weighted by molar-refractivity contribution is 0.0377. The standard InChI is InChI=1S/C16H27N9O.HI/c1-24-15-13(11-23-24)14(21-12-22-15)18-4-5-20-16(17)19-3-2-6-25-7-9-26-10-8-25;/h11-12H,2-10H2,1H3,(H3,17,19,20)(H,18,21,22);1H. The Balaban J connectivity index is 0.00000261. The van der Waals surface area contributed by atoms with Gasteiger partial charge in [-0.1, -0.05) is 0 Å². The van der Waals surface area contributed by atoms with Crippen molar-refractivity contribution in [1.29, 1.82) is 0 Å². The highest BCUT2D eigenvalue weighted by molar-refractivity contribution is 14.0. The van der Waals surface area contributed by atoms with Crippen LogP contribution in [0.25, 0.3) is 11.0 Å². The summed E-state index contributed by atoms with van der Waals surface area (Å²) in [5.41, 5.74) is 6.71. The molecule has 1 saturated heterocycles. The van der Waals surface area contributed by atoms with E-state index in [9.17, 15) is 0 Å². The summed E-state index contributed by atoms with van der Waals surface area (Å²) in [4.78, 5) is 15.2. The highest BCUT2D eigenvalue weighted by atomic mass is 127. The maximum atomic E-state index is 5.90. The van der Waals surface area contributed by atoms with Crippen molar-refractivity contribution in [3.05, 3.63) is 12.5 Å². The van der Waals surface area contributed by atoms with Gasteiger partial charge < -0.3 is 21.1 Å². The van der Waals surface area contributed by atoms with Gasteiger partial charge in [0.2, 0.25) is 0 Å². The number of hydrogen-bond acceptors (Lipinski definition) is 7.